The third-order valence-corrected chi connectivity index (χ3v) is 1.64. The maximum absolute atomic E-state index is 8.60. The summed E-state index contributed by atoms with van der Waals surface area (Å²) in [6, 6.07) is 9.38. The van der Waals surface area contributed by atoms with E-state index in [1.807, 2.05) is 30.3 Å². The molecule has 0 heterocycles. The largest absolute Gasteiger partial charge is 0.492 e. The van der Waals surface area contributed by atoms with Crippen LogP contribution in [0.2, 0.25) is 0 Å². The SMILES string of the molecule is OC[C@@H](Cl)COc1ccccc1. The molecule has 3 heteroatoms. The van der Waals surface area contributed by atoms with Crippen molar-refractivity contribution < 1.29 is 9.84 Å². The summed E-state index contributed by atoms with van der Waals surface area (Å²) >= 11 is 5.64. The van der Waals surface area contributed by atoms with Crippen molar-refractivity contribution in [2.24, 2.45) is 0 Å². The summed E-state index contributed by atoms with van der Waals surface area (Å²) in [5.41, 5.74) is 0. The molecule has 0 radical (unpaired) electrons. The average molecular weight is 187 g/mol. The Morgan fingerprint density at radius 2 is 2.00 bits per heavy atom. The van der Waals surface area contributed by atoms with Gasteiger partial charge >= 0.3 is 0 Å². The van der Waals surface area contributed by atoms with Crippen LogP contribution in [0, 0.1) is 0 Å². The molecule has 66 valence electrons. The number of aliphatic hydroxyl groups excluding tert-OH is 1. The quantitative estimate of drug-likeness (QED) is 0.725. The molecule has 0 aliphatic rings. The topological polar surface area (TPSA) is 29.5 Å². The Kier molecular flexibility index (Phi) is 3.91. The van der Waals surface area contributed by atoms with E-state index in [2.05, 4.69) is 0 Å². The molecule has 1 atom stereocenters. The normalized spacial score (nSPS) is 12.5. The van der Waals surface area contributed by atoms with Crippen molar-refractivity contribution in [2.45, 2.75) is 5.38 Å². The minimum absolute atomic E-state index is 0.0611. The summed E-state index contributed by atoms with van der Waals surface area (Å²) < 4.78 is 5.27. The molecule has 0 aromatic heterocycles. The number of hydrogen-bond donors (Lipinski definition) is 1. The van der Waals surface area contributed by atoms with Crippen LogP contribution in [0.4, 0.5) is 0 Å². The van der Waals surface area contributed by atoms with Crippen LogP contribution in [0.1, 0.15) is 0 Å². The molecule has 0 unspecified atom stereocenters. The minimum atomic E-state index is -0.329. The van der Waals surface area contributed by atoms with E-state index < -0.39 is 0 Å². The van der Waals surface area contributed by atoms with E-state index in [1.165, 1.54) is 0 Å². The summed E-state index contributed by atoms with van der Waals surface area (Å²) in [4.78, 5) is 0. The molecule has 1 N–H and O–H groups in total. The summed E-state index contributed by atoms with van der Waals surface area (Å²) in [6.07, 6.45) is 0. The van der Waals surface area contributed by atoms with Crippen LogP contribution in [0.5, 0.6) is 5.75 Å². The van der Waals surface area contributed by atoms with E-state index in [4.69, 9.17) is 21.4 Å². The zero-order chi connectivity index (χ0) is 8.81. The van der Waals surface area contributed by atoms with Gasteiger partial charge in [0.25, 0.3) is 0 Å². The Hall–Kier alpha value is -0.730. The predicted octanol–water partition coefficient (Wildman–Crippen LogP) is 1.67. The van der Waals surface area contributed by atoms with Gasteiger partial charge in [0, 0.05) is 0 Å². The summed E-state index contributed by atoms with van der Waals surface area (Å²) in [5.74, 6) is 0.775. The molecule has 0 saturated heterocycles. The number of rotatable bonds is 4. The van der Waals surface area contributed by atoms with E-state index in [0.717, 1.165) is 5.75 Å². The fraction of sp³-hybridized carbons (Fsp3) is 0.333. The first kappa shape index (κ1) is 9.36. The molecule has 1 rings (SSSR count). The second kappa shape index (κ2) is 5.01. The molecule has 0 aliphatic carbocycles. The van der Waals surface area contributed by atoms with Crippen molar-refractivity contribution in [3.63, 3.8) is 0 Å². The third-order valence-electron chi connectivity index (χ3n) is 1.37. The molecule has 0 fully saturated rings. The van der Waals surface area contributed by atoms with Gasteiger partial charge in [-0.3, -0.25) is 0 Å². The molecule has 1 aromatic rings. The second-order valence-corrected chi connectivity index (χ2v) is 3.02. The highest BCUT2D eigenvalue weighted by Crippen LogP contribution is 2.09. The molecule has 12 heavy (non-hydrogen) atoms. The van der Waals surface area contributed by atoms with Gasteiger partial charge in [0.15, 0.2) is 0 Å². The Morgan fingerprint density at radius 1 is 1.33 bits per heavy atom. The molecule has 0 amide bonds. The van der Waals surface area contributed by atoms with E-state index >= 15 is 0 Å². The van der Waals surface area contributed by atoms with Gasteiger partial charge < -0.3 is 9.84 Å². The summed E-state index contributed by atoms with van der Waals surface area (Å²) in [5, 5.41) is 8.27. The summed E-state index contributed by atoms with van der Waals surface area (Å²) in [7, 11) is 0. The minimum Gasteiger partial charge on any atom is -0.492 e. The maximum Gasteiger partial charge on any atom is 0.119 e. The number of benzene rings is 1. The lowest BCUT2D eigenvalue weighted by atomic mass is 10.3. The van der Waals surface area contributed by atoms with Crippen molar-refractivity contribution in [3.8, 4) is 5.75 Å². The fourth-order valence-electron chi connectivity index (χ4n) is 0.756. The van der Waals surface area contributed by atoms with Gasteiger partial charge in [-0.2, -0.15) is 0 Å². The molecule has 0 aliphatic heterocycles. The molecular weight excluding hydrogens is 176 g/mol. The Balaban J connectivity index is 2.33. The fourth-order valence-corrected chi connectivity index (χ4v) is 0.819. The molecule has 1 aromatic carbocycles. The highest BCUT2D eigenvalue weighted by Gasteiger charge is 2.02. The van der Waals surface area contributed by atoms with Crippen LogP contribution < -0.4 is 4.74 Å². The number of ether oxygens (including phenoxy) is 1. The first-order valence-electron chi connectivity index (χ1n) is 3.75. The Bertz CT molecular complexity index is 213. The van der Waals surface area contributed by atoms with Crippen LogP contribution in [0.3, 0.4) is 0 Å². The molecule has 2 nitrogen and oxygen atoms in total. The van der Waals surface area contributed by atoms with Gasteiger partial charge in [0.2, 0.25) is 0 Å². The van der Waals surface area contributed by atoms with Gasteiger partial charge in [-0.25, -0.2) is 0 Å². The molecular formula is C9H11ClO2. The van der Waals surface area contributed by atoms with Crippen molar-refractivity contribution >= 4 is 11.6 Å². The summed E-state index contributed by atoms with van der Waals surface area (Å²) in [6.45, 7) is 0.274. The van der Waals surface area contributed by atoms with Crippen molar-refractivity contribution in [1.29, 1.82) is 0 Å². The van der Waals surface area contributed by atoms with Crippen LogP contribution in [0.15, 0.2) is 30.3 Å². The number of halogens is 1. The van der Waals surface area contributed by atoms with Gasteiger partial charge in [-0.15, -0.1) is 11.6 Å². The lowest BCUT2D eigenvalue weighted by molar-refractivity contribution is 0.238. The third kappa shape index (κ3) is 3.11. The van der Waals surface area contributed by atoms with Crippen LogP contribution in [-0.4, -0.2) is 23.7 Å². The zero-order valence-corrected chi connectivity index (χ0v) is 7.37. The molecule has 0 bridgehead atoms. The van der Waals surface area contributed by atoms with Crippen molar-refractivity contribution in [1.82, 2.24) is 0 Å². The zero-order valence-electron chi connectivity index (χ0n) is 6.61. The first-order valence-corrected chi connectivity index (χ1v) is 4.19. The van der Waals surface area contributed by atoms with E-state index in [-0.39, 0.29) is 12.0 Å². The van der Waals surface area contributed by atoms with E-state index in [0.29, 0.717) is 6.61 Å². The van der Waals surface area contributed by atoms with Crippen molar-refractivity contribution in [2.75, 3.05) is 13.2 Å². The highest BCUT2D eigenvalue weighted by molar-refractivity contribution is 6.20. The second-order valence-electron chi connectivity index (χ2n) is 2.40. The number of hydrogen-bond acceptors (Lipinski definition) is 2. The highest BCUT2D eigenvalue weighted by atomic mass is 35.5. The average Bonchev–Trinajstić information content (AvgIpc) is 2.16. The van der Waals surface area contributed by atoms with Gasteiger partial charge in [-0.1, -0.05) is 18.2 Å². The van der Waals surface area contributed by atoms with E-state index in [9.17, 15) is 0 Å². The molecule has 0 spiro atoms. The van der Waals surface area contributed by atoms with Crippen LogP contribution in [0.25, 0.3) is 0 Å². The lowest BCUT2D eigenvalue weighted by Gasteiger charge is -2.08. The Morgan fingerprint density at radius 3 is 2.58 bits per heavy atom. The monoisotopic (exact) mass is 186 g/mol. The first-order chi connectivity index (χ1) is 5.83. The number of alkyl halides is 1. The standard InChI is InChI=1S/C9H11ClO2/c10-8(6-11)7-12-9-4-2-1-3-5-9/h1-5,8,11H,6-7H2/t8-/m1/s1. The van der Waals surface area contributed by atoms with Gasteiger partial charge in [0.1, 0.15) is 12.4 Å². The predicted molar refractivity (Wildman–Crippen MR) is 48.7 cm³/mol. The lowest BCUT2D eigenvalue weighted by Crippen LogP contribution is -2.15. The van der Waals surface area contributed by atoms with Crippen LogP contribution in [-0.2, 0) is 0 Å². The smallest absolute Gasteiger partial charge is 0.119 e. The number of aliphatic hydroxyl groups is 1. The van der Waals surface area contributed by atoms with Gasteiger partial charge in [0.05, 0.1) is 12.0 Å². The van der Waals surface area contributed by atoms with E-state index in [1.54, 1.807) is 0 Å². The van der Waals surface area contributed by atoms with Gasteiger partial charge in [-0.05, 0) is 12.1 Å². The maximum atomic E-state index is 8.60. The molecule has 0 saturated carbocycles. The number of para-hydroxylation sites is 1. The van der Waals surface area contributed by atoms with Crippen molar-refractivity contribution in [3.05, 3.63) is 30.3 Å². The van der Waals surface area contributed by atoms with Crippen LogP contribution >= 0.6 is 11.6 Å². The Labute approximate surface area is 76.7 Å².